The molecule has 2 N–H and O–H groups in total. The van der Waals surface area contributed by atoms with Crippen LogP contribution in [0.1, 0.15) is 126 Å². The van der Waals surface area contributed by atoms with E-state index in [0.29, 0.717) is 17.7 Å². The highest BCUT2D eigenvalue weighted by Gasteiger charge is 2.13. The summed E-state index contributed by atoms with van der Waals surface area (Å²) in [4.78, 5) is 22.4. The summed E-state index contributed by atoms with van der Waals surface area (Å²) in [5.74, 6) is -0.407. The van der Waals surface area contributed by atoms with Gasteiger partial charge in [0.2, 0.25) is 0 Å². The van der Waals surface area contributed by atoms with Gasteiger partial charge in [0.1, 0.15) is 11.5 Å². The van der Waals surface area contributed by atoms with Crippen LogP contribution in [-0.4, -0.2) is 29.1 Å². The molecule has 2 rings (SSSR count). The Hall–Kier alpha value is -2.82. The molecule has 5 heteroatoms. The molecular weight excluding hydrogens is 464 g/mol. The zero-order valence-electron chi connectivity index (χ0n) is 23.1. The molecule has 5 nitrogen and oxygen atoms in total. The van der Waals surface area contributed by atoms with E-state index in [1.165, 1.54) is 96.6 Å². The molecule has 0 aromatic heterocycles. The summed E-state index contributed by atoms with van der Waals surface area (Å²) in [6.07, 6.45) is 20.2. The number of aliphatic carboxylic acids is 1. The fourth-order valence-corrected chi connectivity index (χ4v) is 4.22. The Kier molecular flexibility index (Phi) is 18.5. The van der Waals surface area contributed by atoms with Crippen molar-refractivity contribution in [3.63, 3.8) is 0 Å². The van der Waals surface area contributed by atoms with E-state index in [1.807, 2.05) is 6.07 Å². The number of carboxylic acid groups (broad SMARTS) is 1. The molecule has 37 heavy (non-hydrogen) atoms. The van der Waals surface area contributed by atoms with Gasteiger partial charge in [-0.05, 0) is 18.6 Å². The average Bonchev–Trinajstić information content (AvgIpc) is 2.91. The van der Waals surface area contributed by atoms with Crippen molar-refractivity contribution in [2.24, 2.45) is 0 Å². The van der Waals surface area contributed by atoms with Crippen LogP contribution in [-0.2, 0) is 4.79 Å². The molecular formula is C32H48O5. The maximum absolute atomic E-state index is 12.1. The first-order valence-corrected chi connectivity index (χ1v) is 14.2. The third-order valence-corrected chi connectivity index (χ3v) is 6.48. The maximum Gasteiger partial charge on any atom is 0.303 e. The monoisotopic (exact) mass is 512 g/mol. The number of phenolic OH excluding ortho intramolecular Hbond substituents is 1. The number of ketones is 1. The van der Waals surface area contributed by atoms with Crippen LogP contribution in [0.2, 0.25) is 0 Å². The number of carboxylic acids is 1. The number of hydrogen-bond donors (Lipinski definition) is 2. The fourth-order valence-electron chi connectivity index (χ4n) is 4.22. The lowest BCUT2D eigenvalue weighted by Crippen LogP contribution is -2.01. The standard InChI is InChI=1S/C18H36O2.C14H12O3/c1-2-3-4-5-6-7-8-9-10-11-12-13-14-15-16-17-18(19)20;1-17-11-7-8-12(13(15)9-11)14(16)10-5-3-2-4-6-10/h2-17H2,1H3,(H,19,20);2-9,15H,1H3. The Morgan fingerprint density at radius 2 is 1.19 bits per heavy atom. The molecule has 0 saturated heterocycles. The van der Waals surface area contributed by atoms with E-state index in [4.69, 9.17) is 9.84 Å². The van der Waals surface area contributed by atoms with Gasteiger partial charge in [-0.15, -0.1) is 0 Å². The topological polar surface area (TPSA) is 83.8 Å². The van der Waals surface area contributed by atoms with Gasteiger partial charge in [-0.3, -0.25) is 9.59 Å². The van der Waals surface area contributed by atoms with E-state index in [9.17, 15) is 14.7 Å². The van der Waals surface area contributed by atoms with E-state index >= 15 is 0 Å². The molecule has 0 atom stereocenters. The van der Waals surface area contributed by atoms with Crippen molar-refractivity contribution >= 4 is 11.8 Å². The lowest BCUT2D eigenvalue weighted by Gasteiger charge is -2.06. The second-order valence-electron chi connectivity index (χ2n) is 9.67. The smallest absolute Gasteiger partial charge is 0.303 e. The van der Waals surface area contributed by atoms with Crippen molar-refractivity contribution in [1.29, 1.82) is 0 Å². The Morgan fingerprint density at radius 3 is 1.62 bits per heavy atom. The minimum Gasteiger partial charge on any atom is -0.507 e. The number of unbranched alkanes of at least 4 members (excludes halogenated alkanes) is 14. The summed E-state index contributed by atoms with van der Waals surface area (Å²) in [6, 6.07) is 13.5. The summed E-state index contributed by atoms with van der Waals surface area (Å²) >= 11 is 0. The molecule has 2 aromatic rings. The van der Waals surface area contributed by atoms with Gasteiger partial charge < -0.3 is 14.9 Å². The predicted molar refractivity (Wildman–Crippen MR) is 152 cm³/mol. The Bertz CT molecular complexity index is 863. The van der Waals surface area contributed by atoms with Gasteiger partial charge in [0.05, 0.1) is 12.7 Å². The quantitative estimate of drug-likeness (QED) is 0.145. The first kappa shape index (κ1) is 32.2. The summed E-state index contributed by atoms with van der Waals surface area (Å²) in [5.41, 5.74) is 0.824. The number of benzene rings is 2. The first-order valence-electron chi connectivity index (χ1n) is 14.2. The van der Waals surface area contributed by atoms with Crippen molar-refractivity contribution < 1.29 is 24.5 Å². The lowest BCUT2D eigenvalue weighted by molar-refractivity contribution is -0.137. The van der Waals surface area contributed by atoms with E-state index < -0.39 is 5.97 Å². The molecule has 2 aromatic carbocycles. The van der Waals surface area contributed by atoms with Crippen LogP contribution in [0.25, 0.3) is 0 Å². The van der Waals surface area contributed by atoms with Crippen molar-refractivity contribution in [2.75, 3.05) is 7.11 Å². The number of hydrogen-bond acceptors (Lipinski definition) is 4. The van der Waals surface area contributed by atoms with Crippen molar-refractivity contribution in [3.8, 4) is 11.5 Å². The Labute approximate surface area is 224 Å². The number of aromatic hydroxyl groups is 1. The minimum absolute atomic E-state index is 0.0711. The zero-order valence-corrected chi connectivity index (χ0v) is 23.1. The molecule has 0 radical (unpaired) electrons. The molecule has 0 amide bonds. The molecule has 0 aliphatic rings. The van der Waals surface area contributed by atoms with Crippen molar-refractivity contribution in [1.82, 2.24) is 0 Å². The zero-order chi connectivity index (χ0) is 27.1. The molecule has 0 spiro atoms. The summed E-state index contributed by atoms with van der Waals surface area (Å²) in [7, 11) is 1.51. The second-order valence-corrected chi connectivity index (χ2v) is 9.67. The highest BCUT2D eigenvalue weighted by molar-refractivity contribution is 6.10. The number of phenols is 1. The van der Waals surface area contributed by atoms with Gasteiger partial charge in [-0.25, -0.2) is 0 Å². The molecule has 0 saturated carbocycles. The fraction of sp³-hybridized carbons (Fsp3) is 0.562. The van der Waals surface area contributed by atoms with E-state index in [1.54, 1.807) is 36.4 Å². The third kappa shape index (κ3) is 15.8. The summed E-state index contributed by atoms with van der Waals surface area (Å²) < 4.78 is 4.96. The average molecular weight is 513 g/mol. The third-order valence-electron chi connectivity index (χ3n) is 6.48. The number of carbonyl (C=O) groups is 2. The van der Waals surface area contributed by atoms with Crippen LogP contribution in [0.5, 0.6) is 11.5 Å². The molecule has 0 fully saturated rings. The second kappa shape index (κ2) is 21.3. The number of rotatable bonds is 19. The minimum atomic E-state index is -0.653. The number of ether oxygens (including phenoxy) is 1. The number of carbonyl (C=O) groups excluding carboxylic acids is 1. The van der Waals surface area contributed by atoms with Crippen LogP contribution in [0.15, 0.2) is 48.5 Å². The van der Waals surface area contributed by atoms with E-state index in [-0.39, 0.29) is 17.1 Å². The van der Waals surface area contributed by atoms with Gasteiger partial charge in [0.15, 0.2) is 5.78 Å². The largest absolute Gasteiger partial charge is 0.507 e. The van der Waals surface area contributed by atoms with Gasteiger partial charge in [0.25, 0.3) is 0 Å². The lowest BCUT2D eigenvalue weighted by atomic mass is 10.0. The highest BCUT2D eigenvalue weighted by atomic mass is 16.5. The molecule has 0 unspecified atom stereocenters. The molecule has 0 aliphatic heterocycles. The first-order chi connectivity index (χ1) is 18.0. The molecule has 206 valence electrons. The van der Waals surface area contributed by atoms with Crippen LogP contribution in [0.4, 0.5) is 0 Å². The summed E-state index contributed by atoms with van der Waals surface area (Å²) in [6.45, 7) is 2.27. The van der Waals surface area contributed by atoms with Gasteiger partial charge in [-0.1, -0.05) is 127 Å². The van der Waals surface area contributed by atoms with Gasteiger partial charge in [-0.2, -0.15) is 0 Å². The predicted octanol–water partition coefficient (Wildman–Crippen LogP) is 8.96. The normalized spacial score (nSPS) is 10.4. The molecule has 0 heterocycles. The van der Waals surface area contributed by atoms with Gasteiger partial charge >= 0.3 is 5.97 Å². The Morgan fingerprint density at radius 1 is 0.703 bits per heavy atom. The number of methoxy groups -OCH3 is 1. The molecule has 0 bridgehead atoms. The van der Waals surface area contributed by atoms with E-state index in [0.717, 1.165) is 12.8 Å². The van der Waals surface area contributed by atoms with E-state index in [2.05, 4.69) is 6.92 Å². The van der Waals surface area contributed by atoms with Crippen LogP contribution < -0.4 is 4.74 Å². The van der Waals surface area contributed by atoms with Crippen molar-refractivity contribution in [2.45, 2.75) is 110 Å². The van der Waals surface area contributed by atoms with Crippen LogP contribution >= 0.6 is 0 Å². The van der Waals surface area contributed by atoms with Gasteiger partial charge in [0, 0.05) is 18.1 Å². The Balaban J connectivity index is 0.000000373. The maximum atomic E-state index is 12.1. The van der Waals surface area contributed by atoms with Crippen LogP contribution in [0, 0.1) is 0 Å². The SMILES string of the molecule is CCCCCCCCCCCCCCCCCC(=O)O.COc1ccc(C(=O)c2ccccc2)c(O)c1. The van der Waals surface area contributed by atoms with Crippen LogP contribution in [0.3, 0.4) is 0 Å². The highest BCUT2D eigenvalue weighted by Crippen LogP contribution is 2.25. The van der Waals surface area contributed by atoms with Crippen molar-refractivity contribution in [3.05, 3.63) is 59.7 Å². The molecule has 0 aliphatic carbocycles. The summed E-state index contributed by atoms with van der Waals surface area (Å²) in [5, 5.41) is 18.3.